The smallest absolute Gasteiger partial charge is 0.179 e. The van der Waals surface area contributed by atoms with E-state index in [0.717, 1.165) is 25.9 Å². The summed E-state index contributed by atoms with van der Waals surface area (Å²) in [5.74, 6) is 0.0918. The molecule has 0 unspecified atom stereocenters. The van der Waals surface area contributed by atoms with Crippen molar-refractivity contribution in [1.82, 2.24) is 4.90 Å². The summed E-state index contributed by atoms with van der Waals surface area (Å²) in [4.78, 5) is 2.52. The number of benzene rings is 1. The molecule has 1 saturated heterocycles. The lowest BCUT2D eigenvalue weighted by atomic mass is 10.1. The SMILES string of the molecule is N=C(N)c1ccc(S(=O)(=O)CCN2CCCCC2)cc1. The van der Waals surface area contributed by atoms with Crippen LogP contribution in [0.3, 0.4) is 0 Å². The van der Waals surface area contributed by atoms with E-state index < -0.39 is 9.84 Å². The fourth-order valence-corrected chi connectivity index (χ4v) is 3.68. The van der Waals surface area contributed by atoms with Gasteiger partial charge in [-0.3, -0.25) is 5.41 Å². The van der Waals surface area contributed by atoms with Crippen LogP contribution in [0.1, 0.15) is 24.8 Å². The third-order valence-electron chi connectivity index (χ3n) is 3.65. The van der Waals surface area contributed by atoms with Crippen molar-refractivity contribution in [1.29, 1.82) is 5.41 Å². The Labute approximate surface area is 120 Å². The molecular weight excluding hydrogens is 274 g/mol. The number of nitrogens with two attached hydrogens (primary N) is 1. The van der Waals surface area contributed by atoms with Crippen molar-refractivity contribution in [2.24, 2.45) is 5.73 Å². The first-order chi connectivity index (χ1) is 9.49. The standard InChI is InChI=1S/C14H21N3O2S/c15-14(16)12-4-6-13(7-5-12)20(18,19)11-10-17-8-2-1-3-9-17/h4-7H,1-3,8-11H2,(H3,15,16). The van der Waals surface area contributed by atoms with Crippen LogP contribution in [0.25, 0.3) is 0 Å². The summed E-state index contributed by atoms with van der Waals surface area (Å²) in [5.41, 5.74) is 5.90. The van der Waals surface area contributed by atoms with Crippen LogP contribution in [0.2, 0.25) is 0 Å². The molecular formula is C14H21N3O2S. The van der Waals surface area contributed by atoms with Gasteiger partial charge in [0.05, 0.1) is 10.6 Å². The maximum atomic E-state index is 12.2. The number of sulfone groups is 1. The zero-order valence-electron chi connectivity index (χ0n) is 11.5. The highest BCUT2D eigenvalue weighted by Gasteiger charge is 2.17. The van der Waals surface area contributed by atoms with Crippen LogP contribution in [0.15, 0.2) is 29.2 Å². The van der Waals surface area contributed by atoms with Crippen LogP contribution >= 0.6 is 0 Å². The van der Waals surface area contributed by atoms with Gasteiger partial charge in [-0.05, 0) is 38.1 Å². The molecule has 0 radical (unpaired) electrons. The zero-order valence-corrected chi connectivity index (χ0v) is 12.3. The molecule has 1 aromatic rings. The molecule has 1 fully saturated rings. The Morgan fingerprint density at radius 1 is 1.15 bits per heavy atom. The number of piperidine rings is 1. The second-order valence-corrected chi connectivity index (χ2v) is 7.27. The van der Waals surface area contributed by atoms with Crippen molar-refractivity contribution >= 4 is 15.7 Å². The van der Waals surface area contributed by atoms with Crippen molar-refractivity contribution < 1.29 is 8.42 Å². The topological polar surface area (TPSA) is 87.2 Å². The molecule has 0 bridgehead atoms. The molecule has 1 heterocycles. The van der Waals surface area contributed by atoms with E-state index in [2.05, 4.69) is 4.90 Å². The minimum atomic E-state index is -3.26. The molecule has 0 aromatic heterocycles. The molecule has 110 valence electrons. The van der Waals surface area contributed by atoms with Crippen LogP contribution in [0.5, 0.6) is 0 Å². The molecule has 3 N–H and O–H groups in total. The quantitative estimate of drug-likeness (QED) is 0.632. The average molecular weight is 295 g/mol. The van der Waals surface area contributed by atoms with Gasteiger partial charge in [-0.2, -0.15) is 0 Å². The van der Waals surface area contributed by atoms with E-state index in [1.165, 1.54) is 18.6 Å². The summed E-state index contributed by atoms with van der Waals surface area (Å²) in [6, 6.07) is 6.22. The van der Waals surface area contributed by atoms with Crippen LogP contribution in [0, 0.1) is 5.41 Å². The Bertz CT molecular complexity index is 561. The van der Waals surface area contributed by atoms with Gasteiger partial charge >= 0.3 is 0 Å². The summed E-state index contributed by atoms with van der Waals surface area (Å²) >= 11 is 0. The predicted molar refractivity (Wildman–Crippen MR) is 79.8 cm³/mol. The lowest BCUT2D eigenvalue weighted by Crippen LogP contribution is -2.33. The second kappa shape index (κ2) is 6.37. The molecule has 0 aliphatic carbocycles. The Balaban J connectivity index is 2.00. The maximum absolute atomic E-state index is 12.2. The summed E-state index contributed by atoms with van der Waals surface area (Å²) < 4.78 is 24.5. The minimum absolute atomic E-state index is 0.0535. The monoisotopic (exact) mass is 295 g/mol. The minimum Gasteiger partial charge on any atom is -0.384 e. The first-order valence-electron chi connectivity index (χ1n) is 6.88. The number of likely N-dealkylation sites (tertiary alicyclic amines) is 1. The lowest BCUT2D eigenvalue weighted by molar-refractivity contribution is 0.241. The molecule has 0 saturated carbocycles. The van der Waals surface area contributed by atoms with Crippen molar-refractivity contribution in [3.8, 4) is 0 Å². The molecule has 0 atom stereocenters. The first kappa shape index (κ1) is 15.0. The number of rotatable bonds is 5. The number of nitrogens with one attached hydrogen (secondary N) is 1. The number of nitrogen functional groups attached to an aromatic ring is 1. The number of nitrogens with zero attached hydrogens (tertiary/aromatic N) is 1. The summed E-state index contributed by atoms with van der Waals surface area (Å²) in [7, 11) is -3.26. The largest absolute Gasteiger partial charge is 0.384 e. The maximum Gasteiger partial charge on any atom is 0.179 e. The van der Waals surface area contributed by atoms with Gasteiger partial charge < -0.3 is 10.6 Å². The van der Waals surface area contributed by atoms with Gasteiger partial charge in [0, 0.05) is 12.1 Å². The Morgan fingerprint density at radius 3 is 2.30 bits per heavy atom. The molecule has 1 aromatic carbocycles. The Morgan fingerprint density at radius 2 is 1.75 bits per heavy atom. The molecule has 0 amide bonds. The van der Waals surface area contributed by atoms with Crippen LogP contribution in [0.4, 0.5) is 0 Å². The number of amidine groups is 1. The van der Waals surface area contributed by atoms with E-state index in [-0.39, 0.29) is 11.6 Å². The number of hydrogen-bond acceptors (Lipinski definition) is 4. The molecule has 1 aliphatic heterocycles. The Hall–Kier alpha value is -1.40. The lowest BCUT2D eigenvalue weighted by Gasteiger charge is -2.26. The zero-order chi connectivity index (χ0) is 14.6. The van der Waals surface area contributed by atoms with Crippen molar-refractivity contribution in [3.63, 3.8) is 0 Å². The fourth-order valence-electron chi connectivity index (χ4n) is 2.39. The van der Waals surface area contributed by atoms with Crippen LogP contribution in [-0.2, 0) is 9.84 Å². The van der Waals surface area contributed by atoms with Crippen LogP contribution < -0.4 is 5.73 Å². The van der Waals surface area contributed by atoms with Crippen LogP contribution in [-0.4, -0.2) is 44.5 Å². The van der Waals surface area contributed by atoms with E-state index in [0.29, 0.717) is 17.0 Å². The molecule has 0 spiro atoms. The summed E-state index contributed by atoms with van der Waals surface area (Å²) in [6.07, 6.45) is 3.57. The van der Waals surface area contributed by atoms with Crippen molar-refractivity contribution in [2.45, 2.75) is 24.2 Å². The Kier molecular flexibility index (Phi) is 4.77. The van der Waals surface area contributed by atoms with E-state index in [1.807, 2.05) is 0 Å². The molecule has 1 aliphatic rings. The predicted octanol–water partition coefficient (Wildman–Crippen LogP) is 1.23. The molecule has 6 heteroatoms. The van der Waals surface area contributed by atoms with E-state index >= 15 is 0 Å². The van der Waals surface area contributed by atoms with Gasteiger partial charge in [0.1, 0.15) is 5.84 Å². The highest BCUT2D eigenvalue weighted by atomic mass is 32.2. The summed E-state index contributed by atoms with van der Waals surface area (Å²) in [6.45, 7) is 2.59. The molecule has 2 rings (SSSR count). The molecule has 20 heavy (non-hydrogen) atoms. The van der Waals surface area contributed by atoms with E-state index in [9.17, 15) is 8.42 Å². The van der Waals surface area contributed by atoms with E-state index in [1.54, 1.807) is 12.1 Å². The van der Waals surface area contributed by atoms with E-state index in [4.69, 9.17) is 11.1 Å². The van der Waals surface area contributed by atoms with Gasteiger partial charge in [-0.15, -0.1) is 0 Å². The van der Waals surface area contributed by atoms with Crippen molar-refractivity contribution in [3.05, 3.63) is 29.8 Å². The van der Waals surface area contributed by atoms with Gasteiger partial charge in [0.25, 0.3) is 0 Å². The normalized spacial score (nSPS) is 17.0. The third-order valence-corrected chi connectivity index (χ3v) is 5.36. The average Bonchev–Trinajstić information content (AvgIpc) is 2.46. The van der Waals surface area contributed by atoms with Crippen molar-refractivity contribution in [2.75, 3.05) is 25.4 Å². The van der Waals surface area contributed by atoms with Gasteiger partial charge in [-0.25, -0.2) is 8.42 Å². The first-order valence-corrected chi connectivity index (χ1v) is 8.54. The van der Waals surface area contributed by atoms with Gasteiger partial charge in [-0.1, -0.05) is 18.6 Å². The molecule has 5 nitrogen and oxygen atoms in total. The second-order valence-electron chi connectivity index (χ2n) is 5.16. The van der Waals surface area contributed by atoms with Gasteiger partial charge in [0.15, 0.2) is 9.84 Å². The highest BCUT2D eigenvalue weighted by Crippen LogP contribution is 2.14. The third kappa shape index (κ3) is 3.80. The summed E-state index contributed by atoms with van der Waals surface area (Å²) in [5, 5.41) is 7.30. The van der Waals surface area contributed by atoms with Gasteiger partial charge in [0.2, 0.25) is 0 Å². The highest BCUT2D eigenvalue weighted by molar-refractivity contribution is 7.91. The number of hydrogen-bond donors (Lipinski definition) is 2. The fraction of sp³-hybridized carbons (Fsp3) is 0.500.